The van der Waals surface area contributed by atoms with Gasteiger partial charge in [-0.15, -0.1) is 0 Å². The molecule has 4 rings (SSSR count). The number of para-hydroxylation sites is 1. The Morgan fingerprint density at radius 2 is 1.45 bits per heavy atom. The number of amides is 4. The molecule has 1 heterocycles. The number of rotatable bonds is 4. The quantitative estimate of drug-likeness (QED) is 0.284. The molecule has 0 saturated carbocycles. The van der Waals surface area contributed by atoms with Gasteiger partial charge in [-0.25, -0.2) is 14.5 Å². The SMILES string of the molecule is Cc1ccc(C(=O)Oc2ccccc2/C=C2/C(=O)NC(=O)N(c3ccc(C)cc3)C2=O)cc1. The van der Waals surface area contributed by atoms with Gasteiger partial charge in [-0.05, 0) is 50.3 Å². The lowest BCUT2D eigenvalue weighted by Crippen LogP contribution is -2.54. The Labute approximate surface area is 190 Å². The molecule has 1 aliphatic heterocycles. The fraction of sp³-hybridized carbons (Fsp3) is 0.0769. The van der Waals surface area contributed by atoms with Crippen LogP contribution in [0.5, 0.6) is 5.75 Å². The number of carbonyl (C=O) groups excluding carboxylic acids is 4. The van der Waals surface area contributed by atoms with Crippen molar-refractivity contribution in [3.8, 4) is 5.75 Å². The van der Waals surface area contributed by atoms with Gasteiger partial charge in [0.2, 0.25) is 0 Å². The smallest absolute Gasteiger partial charge is 0.343 e. The van der Waals surface area contributed by atoms with Crippen molar-refractivity contribution in [2.45, 2.75) is 13.8 Å². The van der Waals surface area contributed by atoms with Crippen molar-refractivity contribution < 1.29 is 23.9 Å². The first-order valence-corrected chi connectivity index (χ1v) is 10.2. The van der Waals surface area contributed by atoms with Crippen molar-refractivity contribution in [1.82, 2.24) is 5.32 Å². The molecule has 1 aliphatic rings. The molecule has 0 atom stereocenters. The average Bonchev–Trinajstić information content (AvgIpc) is 2.79. The number of ether oxygens (including phenoxy) is 1. The van der Waals surface area contributed by atoms with Crippen LogP contribution in [0.25, 0.3) is 6.08 Å². The summed E-state index contributed by atoms with van der Waals surface area (Å²) in [6.07, 6.45) is 1.31. The van der Waals surface area contributed by atoms with Crippen LogP contribution in [-0.4, -0.2) is 23.8 Å². The summed E-state index contributed by atoms with van der Waals surface area (Å²) < 4.78 is 5.52. The molecule has 1 N–H and O–H groups in total. The summed E-state index contributed by atoms with van der Waals surface area (Å²) in [5, 5.41) is 2.19. The highest BCUT2D eigenvalue weighted by Crippen LogP contribution is 2.26. The number of hydrogen-bond acceptors (Lipinski definition) is 5. The maximum absolute atomic E-state index is 13.1. The van der Waals surface area contributed by atoms with Gasteiger partial charge in [0.15, 0.2) is 0 Å². The summed E-state index contributed by atoms with van der Waals surface area (Å²) in [5.41, 5.74) is 2.75. The molecule has 164 valence electrons. The van der Waals surface area contributed by atoms with Gasteiger partial charge in [0.05, 0.1) is 11.3 Å². The fourth-order valence-electron chi connectivity index (χ4n) is 3.28. The predicted molar refractivity (Wildman–Crippen MR) is 123 cm³/mol. The van der Waals surface area contributed by atoms with Gasteiger partial charge in [-0.2, -0.15) is 0 Å². The molecule has 7 heteroatoms. The second kappa shape index (κ2) is 8.92. The molecule has 1 fully saturated rings. The number of hydrogen-bond donors (Lipinski definition) is 1. The van der Waals surface area contributed by atoms with Gasteiger partial charge in [0, 0.05) is 5.56 Å². The van der Waals surface area contributed by atoms with Gasteiger partial charge in [-0.3, -0.25) is 14.9 Å². The van der Waals surface area contributed by atoms with E-state index in [-0.39, 0.29) is 11.3 Å². The zero-order valence-corrected chi connectivity index (χ0v) is 18.0. The van der Waals surface area contributed by atoms with Crippen LogP contribution in [0.3, 0.4) is 0 Å². The molecule has 0 aliphatic carbocycles. The first-order valence-electron chi connectivity index (χ1n) is 10.2. The van der Waals surface area contributed by atoms with Gasteiger partial charge >= 0.3 is 12.0 Å². The second-order valence-electron chi connectivity index (χ2n) is 7.59. The molecule has 1 saturated heterocycles. The van der Waals surface area contributed by atoms with E-state index in [2.05, 4.69) is 5.32 Å². The summed E-state index contributed by atoms with van der Waals surface area (Å²) in [6, 6.07) is 19.4. The van der Waals surface area contributed by atoms with Crippen LogP contribution in [0.15, 0.2) is 78.4 Å². The molecule has 0 unspecified atom stereocenters. The van der Waals surface area contributed by atoms with E-state index in [1.54, 1.807) is 72.8 Å². The van der Waals surface area contributed by atoms with Crippen LogP contribution in [-0.2, 0) is 9.59 Å². The molecule has 4 amide bonds. The zero-order chi connectivity index (χ0) is 23.5. The highest BCUT2D eigenvalue weighted by molar-refractivity contribution is 6.39. The molecular formula is C26H20N2O5. The lowest BCUT2D eigenvalue weighted by Gasteiger charge is -2.26. The Bertz CT molecular complexity index is 1290. The summed E-state index contributed by atoms with van der Waals surface area (Å²) in [6.45, 7) is 3.79. The maximum Gasteiger partial charge on any atom is 0.343 e. The van der Waals surface area contributed by atoms with Crippen molar-refractivity contribution >= 4 is 35.6 Å². The van der Waals surface area contributed by atoms with E-state index >= 15 is 0 Å². The van der Waals surface area contributed by atoms with E-state index in [4.69, 9.17) is 4.74 Å². The molecule has 0 spiro atoms. The van der Waals surface area contributed by atoms with Crippen LogP contribution in [0.1, 0.15) is 27.0 Å². The molecular weight excluding hydrogens is 420 g/mol. The largest absolute Gasteiger partial charge is 0.422 e. The van der Waals surface area contributed by atoms with E-state index in [1.807, 2.05) is 13.8 Å². The van der Waals surface area contributed by atoms with Crippen molar-refractivity contribution in [3.05, 3.63) is 101 Å². The lowest BCUT2D eigenvalue weighted by atomic mass is 10.1. The lowest BCUT2D eigenvalue weighted by molar-refractivity contribution is -0.122. The van der Waals surface area contributed by atoms with Gasteiger partial charge < -0.3 is 4.74 Å². The predicted octanol–water partition coefficient (Wildman–Crippen LogP) is 4.19. The number of barbiturate groups is 1. The van der Waals surface area contributed by atoms with E-state index in [1.165, 1.54) is 6.08 Å². The first-order chi connectivity index (χ1) is 15.8. The number of carbonyl (C=O) groups is 4. The Morgan fingerprint density at radius 3 is 2.12 bits per heavy atom. The number of aryl methyl sites for hydroxylation is 2. The maximum atomic E-state index is 13.1. The Hall–Kier alpha value is -4.52. The molecule has 0 aromatic heterocycles. The van der Waals surface area contributed by atoms with E-state index < -0.39 is 23.8 Å². The highest BCUT2D eigenvalue weighted by atomic mass is 16.5. The number of nitrogens with zero attached hydrogens (tertiary/aromatic N) is 1. The number of nitrogens with one attached hydrogen (secondary N) is 1. The molecule has 3 aromatic carbocycles. The van der Waals surface area contributed by atoms with Gasteiger partial charge in [-0.1, -0.05) is 53.6 Å². The third kappa shape index (κ3) is 4.57. The number of anilines is 1. The van der Waals surface area contributed by atoms with E-state index in [0.29, 0.717) is 16.8 Å². The van der Waals surface area contributed by atoms with Crippen LogP contribution in [0, 0.1) is 13.8 Å². The van der Waals surface area contributed by atoms with Gasteiger partial charge in [0.25, 0.3) is 11.8 Å². The average molecular weight is 440 g/mol. The monoisotopic (exact) mass is 440 g/mol. The molecule has 7 nitrogen and oxygen atoms in total. The standard InChI is InChI=1S/C26H20N2O5/c1-16-7-11-18(12-8-16)25(31)33-22-6-4-3-5-19(22)15-21-23(29)27-26(32)28(24(21)30)20-13-9-17(2)10-14-20/h3-15H,1-2H3,(H,27,29,32)/b21-15-. The molecule has 3 aromatic rings. The van der Waals surface area contributed by atoms with Crippen molar-refractivity contribution in [3.63, 3.8) is 0 Å². The molecule has 0 bridgehead atoms. The van der Waals surface area contributed by atoms with E-state index in [9.17, 15) is 19.2 Å². The number of esters is 1. The first kappa shape index (κ1) is 21.7. The third-order valence-corrected chi connectivity index (χ3v) is 5.10. The summed E-state index contributed by atoms with van der Waals surface area (Å²) in [4.78, 5) is 51.4. The fourth-order valence-corrected chi connectivity index (χ4v) is 3.28. The number of imide groups is 2. The normalized spacial score (nSPS) is 14.9. The van der Waals surface area contributed by atoms with Crippen LogP contribution < -0.4 is 15.0 Å². The Balaban J connectivity index is 1.66. The second-order valence-corrected chi connectivity index (χ2v) is 7.59. The van der Waals surface area contributed by atoms with Gasteiger partial charge in [0.1, 0.15) is 11.3 Å². The summed E-state index contributed by atoms with van der Waals surface area (Å²) in [5.74, 6) is -1.99. The Kier molecular flexibility index (Phi) is 5.87. The van der Waals surface area contributed by atoms with Crippen LogP contribution in [0.4, 0.5) is 10.5 Å². The Morgan fingerprint density at radius 1 is 0.848 bits per heavy atom. The minimum Gasteiger partial charge on any atom is -0.422 e. The topological polar surface area (TPSA) is 92.8 Å². The minimum absolute atomic E-state index is 0.176. The highest BCUT2D eigenvalue weighted by Gasteiger charge is 2.37. The number of urea groups is 1. The minimum atomic E-state index is -0.829. The molecule has 33 heavy (non-hydrogen) atoms. The van der Waals surface area contributed by atoms with E-state index in [0.717, 1.165) is 16.0 Å². The zero-order valence-electron chi connectivity index (χ0n) is 18.0. The summed E-state index contributed by atoms with van der Waals surface area (Å²) in [7, 11) is 0. The van der Waals surface area contributed by atoms with Crippen LogP contribution in [0.2, 0.25) is 0 Å². The van der Waals surface area contributed by atoms with Crippen molar-refractivity contribution in [2.24, 2.45) is 0 Å². The van der Waals surface area contributed by atoms with Crippen molar-refractivity contribution in [2.75, 3.05) is 4.90 Å². The van der Waals surface area contributed by atoms with Crippen molar-refractivity contribution in [1.29, 1.82) is 0 Å². The summed E-state index contributed by atoms with van der Waals surface area (Å²) >= 11 is 0. The third-order valence-electron chi connectivity index (χ3n) is 5.10. The number of benzene rings is 3. The molecule has 0 radical (unpaired) electrons. The van der Waals surface area contributed by atoms with Crippen LogP contribution >= 0.6 is 0 Å².